The van der Waals surface area contributed by atoms with Crippen LogP contribution in [0.5, 0.6) is 0 Å². The standard InChI is InChI=1S/C14H15NO4/c1-8-11(9-6-4-5-7-10(9)15-8)12(13(16)18-2)14(17)19-3/h4-7,12,15H,1-3H3. The van der Waals surface area contributed by atoms with Crippen LogP contribution in [0.1, 0.15) is 17.2 Å². The van der Waals surface area contributed by atoms with Gasteiger partial charge in [0.15, 0.2) is 5.92 Å². The van der Waals surface area contributed by atoms with Crippen molar-refractivity contribution in [3.63, 3.8) is 0 Å². The van der Waals surface area contributed by atoms with Gasteiger partial charge in [0, 0.05) is 22.2 Å². The number of aryl methyl sites for hydroxylation is 1. The van der Waals surface area contributed by atoms with Crippen molar-refractivity contribution in [2.75, 3.05) is 14.2 Å². The summed E-state index contributed by atoms with van der Waals surface area (Å²) < 4.78 is 9.42. The molecule has 0 atom stereocenters. The van der Waals surface area contributed by atoms with Gasteiger partial charge in [-0.25, -0.2) is 0 Å². The molecule has 5 nitrogen and oxygen atoms in total. The summed E-state index contributed by atoms with van der Waals surface area (Å²) in [6.07, 6.45) is 0. The Kier molecular flexibility index (Phi) is 3.55. The van der Waals surface area contributed by atoms with Gasteiger partial charge in [-0.3, -0.25) is 9.59 Å². The number of ether oxygens (including phenoxy) is 2. The molecule has 0 aliphatic rings. The highest BCUT2D eigenvalue weighted by atomic mass is 16.5. The van der Waals surface area contributed by atoms with E-state index in [2.05, 4.69) is 4.98 Å². The summed E-state index contributed by atoms with van der Waals surface area (Å²) in [6, 6.07) is 7.47. The van der Waals surface area contributed by atoms with E-state index in [4.69, 9.17) is 9.47 Å². The number of H-pyrrole nitrogens is 1. The monoisotopic (exact) mass is 261 g/mol. The predicted molar refractivity (Wildman–Crippen MR) is 69.8 cm³/mol. The fourth-order valence-electron chi connectivity index (χ4n) is 2.24. The van der Waals surface area contributed by atoms with E-state index in [0.717, 1.165) is 16.6 Å². The minimum Gasteiger partial charge on any atom is -0.468 e. The molecule has 0 saturated heterocycles. The van der Waals surface area contributed by atoms with E-state index in [1.165, 1.54) is 14.2 Å². The summed E-state index contributed by atoms with van der Waals surface area (Å²) in [5, 5.41) is 0.820. The average Bonchev–Trinajstić information content (AvgIpc) is 2.75. The second-order valence-corrected chi connectivity index (χ2v) is 4.19. The summed E-state index contributed by atoms with van der Waals surface area (Å²) in [4.78, 5) is 26.9. The topological polar surface area (TPSA) is 68.4 Å². The Morgan fingerprint density at radius 2 is 1.68 bits per heavy atom. The van der Waals surface area contributed by atoms with Crippen LogP contribution < -0.4 is 0 Å². The first kappa shape index (κ1) is 13.1. The molecule has 0 saturated carbocycles. The van der Waals surface area contributed by atoms with Crippen molar-refractivity contribution < 1.29 is 19.1 Å². The zero-order valence-corrected chi connectivity index (χ0v) is 11.0. The van der Waals surface area contributed by atoms with Crippen LogP contribution in [0.25, 0.3) is 10.9 Å². The van der Waals surface area contributed by atoms with Gasteiger partial charge >= 0.3 is 11.9 Å². The summed E-state index contributed by atoms with van der Waals surface area (Å²) in [5.41, 5.74) is 2.23. The molecule has 1 aromatic heterocycles. The maximum atomic E-state index is 11.9. The molecule has 0 spiro atoms. The van der Waals surface area contributed by atoms with Gasteiger partial charge in [-0.05, 0) is 13.0 Å². The zero-order chi connectivity index (χ0) is 14.0. The molecule has 0 bridgehead atoms. The lowest BCUT2D eigenvalue weighted by molar-refractivity contribution is -0.154. The van der Waals surface area contributed by atoms with E-state index in [9.17, 15) is 9.59 Å². The highest BCUT2D eigenvalue weighted by Crippen LogP contribution is 2.30. The SMILES string of the molecule is COC(=O)C(C(=O)OC)c1c(C)[nH]c2ccccc12. The molecule has 0 amide bonds. The third kappa shape index (κ3) is 2.19. The average molecular weight is 261 g/mol. The quantitative estimate of drug-likeness (QED) is 0.677. The van der Waals surface area contributed by atoms with E-state index < -0.39 is 17.9 Å². The molecule has 1 aromatic carbocycles. The molecule has 5 heteroatoms. The van der Waals surface area contributed by atoms with E-state index in [1.807, 2.05) is 31.2 Å². The first-order valence-corrected chi connectivity index (χ1v) is 5.83. The van der Waals surface area contributed by atoms with Crippen LogP contribution in [0.4, 0.5) is 0 Å². The van der Waals surface area contributed by atoms with Gasteiger partial charge in [0.2, 0.25) is 0 Å². The van der Waals surface area contributed by atoms with E-state index in [0.29, 0.717) is 5.56 Å². The summed E-state index contributed by atoms with van der Waals surface area (Å²) in [6.45, 7) is 1.81. The molecule has 1 N–H and O–H groups in total. The summed E-state index contributed by atoms with van der Waals surface area (Å²) in [7, 11) is 2.50. The molecule has 0 aliphatic carbocycles. The molecule has 1 heterocycles. The Hall–Kier alpha value is -2.30. The van der Waals surface area contributed by atoms with E-state index >= 15 is 0 Å². The molecule has 0 unspecified atom stereocenters. The minimum atomic E-state index is -1.06. The smallest absolute Gasteiger partial charge is 0.324 e. The lowest BCUT2D eigenvalue weighted by Gasteiger charge is -2.13. The van der Waals surface area contributed by atoms with Crippen molar-refractivity contribution in [1.82, 2.24) is 4.98 Å². The molecule has 2 rings (SSSR count). The number of hydrogen-bond acceptors (Lipinski definition) is 4. The maximum Gasteiger partial charge on any atom is 0.324 e. The van der Waals surface area contributed by atoms with Crippen LogP contribution in [-0.2, 0) is 19.1 Å². The largest absolute Gasteiger partial charge is 0.468 e. The highest BCUT2D eigenvalue weighted by molar-refractivity contribution is 6.05. The van der Waals surface area contributed by atoms with Crippen molar-refractivity contribution in [2.24, 2.45) is 0 Å². The van der Waals surface area contributed by atoms with Crippen LogP contribution >= 0.6 is 0 Å². The number of aromatic amines is 1. The van der Waals surface area contributed by atoms with Crippen LogP contribution in [0.15, 0.2) is 24.3 Å². The number of carbonyl (C=O) groups is 2. The highest BCUT2D eigenvalue weighted by Gasteiger charge is 2.34. The van der Waals surface area contributed by atoms with Gasteiger partial charge in [0.05, 0.1) is 14.2 Å². The normalized spacial score (nSPS) is 10.7. The second-order valence-electron chi connectivity index (χ2n) is 4.19. The third-order valence-corrected chi connectivity index (χ3v) is 3.11. The Balaban J connectivity index is 2.65. The molecule has 2 aromatic rings. The molecular weight excluding hydrogens is 246 g/mol. The number of aromatic nitrogens is 1. The van der Waals surface area contributed by atoms with Crippen molar-refractivity contribution in [3.05, 3.63) is 35.5 Å². The van der Waals surface area contributed by atoms with Crippen LogP contribution in [0.3, 0.4) is 0 Å². The number of rotatable bonds is 3. The third-order valence-electron chi connectivity index (χ3n) is 3.11. The number of benzene rings is 1. The predicted octanol–water partition coefficient (Wildman–Crippen LogP) is 1.91. The van der Waals surface area contributed by atoms with Crippen LogP contribution in [0, 0.1) is 6.92 Å². The maximum absolute atomic E-state index is 11.9. The molecule has 0 radical (unpaired) electrons. The number of esters is 2. The number of fused-ring (bicyclic) bond motifs is 1. The second kappa shape index (κ2) is 5.14. The van der Waals surface area contributed by atoms with E-state index in [1.54, 1.807) is 0 Å². The molecule has 19 heavy (non-hydrogen) atoms. The summed E-state index contributed by atoms with van der Waals surface area (Å²) in [5.74, 6) is -2.31. The minimum absolute atomic E-state index is 0.606. The molecule has 0 fully saturated rings. The first-order chi connectivity index (χ1) is 9.10. The number of methoxy groups -OCH3 is 2. The van der Waals surface area contributed by atoms with Crippen LogP contribution in [0.2, 0.25) is 0 Å². The van der Waals surface area contributed by atoms with Gasteiger partial charge < -0.3 is 14.5 Å². The number of carbonyl (C=O) groups excluding carboxylic acids is 2. The molecule has 100 valence electrons. The molecular formula is C14H15NO4. The first-order valence-electron chi connectivity index (χ1n) is 5.83. The van der Waals surface area contributed by atoms with Crippen molar-refractivity contribution in [2.45, 2.75) is 12.8 Å². The number of nitrogens with one attached hydrogen (secondary N) is 1. The Morgan fingerprint density at radius 1 is 1.11 bits per heavy atom. The number of hydrogen-bond donors (Lipinski definition) is 1. The van der Waals surface area contributed by atoms with Gasteiger partial charge in [0.1, 0.15) is 0 Å². The lowest BCUT2D eigenvalue weighted by atomic mass is 9.96. The lowest BCUT2D eigenvalue weighted by Crippen LogP contribution is -2.24. The van der Waals surface area contributed by atoms with Crippen molar-refractivity contribution >= 4 is 22.8 Å². The van der Waals surface area contributed by atoms with Gasteiger partial charge in [-0.2, -0.15) is 0 Å². The van der Waals surface area contributed by atoms with Crippen LogP contribution in [-0.4, -0.2) is 31.1 Å². The Morgan fingerprint density at radius 3 is 2.26 bits per heavy atom. The summed E-state index contributed by atoms with van der Waals surface area (Å²) >= 11 is 0. The van der Waals surface area contributed by atoms with Crippen molar-refractivity contribution in [1.29, 1.82) is 0 Å². The van der Waals surface area contributed by atoms with Gasteiger partial charge in [-0.15, -0.1) is 0 Å². The van der Waals surface area contributed by atoms with Crippen molar-refractivity contribution in [3.8, 4) is 0 Å². The fraction of sp³-hybridized carbons (Fsp3) is 0.286. The van der Waals surface area contributed by atoms with E-state index in [-0.39, 0.29) is 0 Å². The fourth-order valence-corrected chi connectivity index (χ4v) is 2.24. The van der Waals surface area contributed by atoms with Gasteiger partial charge in [0.25, 0.3) is 0 Å². The Bertz CT molecular complexity index is 613. The Labute approximate surface area is 110 Å². The zero-order valence-electron chi connectivity index (χ0n) is 11.0. The molecule has 0 aliphatic heterocycles. The number of para-hydroxylation sites is 1. The van der Waals surface area contributed by atoms with Gasteiger partial charge in [-0.1, -0.05) is 18.2 Å².